The average molecular weight is 190 g/mol. The molecule has 6 heteroatoms. The molecule has 0 saturated heterocycles. The number of nitro groups is 1. The van der Waals surface area contributed by atoms with Crippen LogP contribution in [0.3, 0.4) is 0 Å². The highest BCUT2D eigenvalue weighted by atomic mass is 16.6. The number of para-hydroxylation sites is 1. The summed E-state index contributed by atoms with van der Waals surface area (Å²) in [5.41, 5.74) is 0.695. The lowest BCUT2D eigenvalue weighted by Gasteiger charge is -1.91. The maximum Gasteiger partial charge on any atom is 0.410 e. The Morgan fingerprint density at radius 2 is 2.00 bits per heavy atom. The fraction of sp³-hybridized carbons (Fsp3) is 0. The molecule has 0 spiro atoms. The summed E-state index contributed by atoms with van der Waals surface area (Å²) in [5, 5.41) is 17.8. The van der Waals surface area contributed by atoms with Gasteiger partial charge in [-0.25, -0.2) is 0 Å². The van der Waals surface area contributed by atoms with Crippen LogP contribution in [-0.2, 0) is 0 Å². The summed E-state index contributed by atoms with van der Waals surface area (Å²) in [4.78, 5) is 11.0. The van der Waals surface area contributed by atoms with Crippen molar-refractivity contribution in [1.29, 1.82) is 0 Å². The first kappa shape index (κ1) is 8.36. The Bertz CT molecular complexity index is 451. The lowest BCUT2D eigenvalue weighted by Crippen LogP contribution is -1.98. The van der Waals surface area contributed by atoms with Gasteiger partial charge in [0, 0.05) is 0 Å². The van der Waals surface area contributed by atoms with Gasteiger partial charge < -0.3 is 10.1 Å². The van der Waals surface area contributed by atoms with Crippen LogP contribution in [0.15, 0.2) is 36.5 Å². The molecule has 0 amide bonds. The minimum absolute atomic E-state index is 0.256. The summed E-state index contributed by atoms with van der Waals surface area (Å²) >= 11 is 0. The molecule has 0 aliphatic heterocycles. The Labute approximate surface area is 78.9 Å². The summed E-state index contributed by atoms with van der Waals surface area (Å²) in [7, 11) is 0. The smallest absolute Gasteiger partial charge is 0.358 e. The predicted octanol–water partition coefficient (Wildman–Crippen LogP) is 1.18. The van der Waals surface area contributed by atoms with Gasteiger partial charge in [0.2, 0.25) is 0 Å². The average Bonchev–Trinajstić information content (AvgIpc) is 2.68. The van der Waals surface area contributed by atoms with Gasteiger partial charge in [-0.3, -0.25) is 0 Å². The molecule has 2 rings (SSSR count). The van der Waals surface area contributed by atoms with Crippen LogP contribution in [0.25, 0.3) is 5.69 Å². The zero-order chi connectivity index (χ0) is 9.97. The Morgan fingerprint density at radius 1 is 1.29 bits per heavy atom. The molecule has 14 heavy (non-hydrogen) atoms. The number of hydrogen-bond donors (Lipinski definition) is 0. The van der Waals surface area contributed by atoms with Crippen molar-refractivity contribution in [3.63, 3.8) is 0 Å². The van der Waals surface area contributed by atoms with Crippen LogP contribution in [0.2, 0.25) is 0 Å². The van der Waals surface area contributed by atoms with E-state index in [1.807, 2.05) is 18.2 Å². The maximum atomic E-state index is 10.3. The zero-order valence-corrected chi connectivity index (χ0v) is 7.07. The molecular formula is C8H6N4O2. The molecule has 0 saturated carbocycles. The van der Waals surface area contributed by atoms with Crippen molar-refractivity contribution in [1.82, 2.24) is 15.0 Å². The van der Waals surface area contributed by atoms with Gasteiger partial charge in [-0.2, -0.15) is 0 Å². The molecule has 0 N–H and O–H groups in total. The SMILES string of the molecule is O=[N+]([O-])c1cnn(-c2ccccc2)n1. The van der Waals surface area contributed by atoms with E-state index in [4.69, 9.17) is 0 Å². The minimum atomic E-state index is -0.577. The van der Waals surface area contributed by atoms with Crippen molar-refractivity contribution in [2.24, 2.45) is 0 Å². The van der Waals surface area contributed by atoms with Gasteiger partial charge in [0.05, 0.1) is 5.10 Å². The van der Waals surface area contributed by atoms with E-state index in [-0.39, 0.29) is 5.82 Å². The highest BCUT2D eigenvalue weighted by molar-refractivity contribution is 5.29. The maximum absolute atomic E-state index is 10.3. The molecule has 0 fully saturated rings. The summed E-state index contributed by atoms with van der Waals surface area (Å²) in [6, 6.07) is 9.00. The van der Waals surface area contributed by atoms with Crippen molar-refractivity contribution in [3.05, 3.63) is 46.6 Å². The fourth-order valence-corrected chi connectivity index (χ4v) is 1.02. The van der Waals surface area contributed by atoms with Crippen LogP contribution in [0.5, 0.6) is 0 Å². The first-order valence-corrected chi connectivity index (χ1v) is 3.89. The molecule has 2 aromatic rings. The van der Waals surface area contributed by atoms with Gasteiger partial charge in [0.25, 0.3) is 0 Å². The van der Waals surface area contributed by atoms with E-state index in [0.29, 0.717) is 5.69 Å². The molecule has 0 atom stereocenters. The van der Waals surface area contributed by atoms with E-state index in [9.17, 15) is 10.1 Å². The molecule has 70 valence electrons. The predicted molar refractivity (Wildman–Crippen MR) is 48.0 cm³/mol. The second-order valence-electron chi connectivity index (χ2n) is 2.58. The van der Waals surface area contributed by atoms with Crippen molar-refractivity contribution >= 4 is 5.82 Å². The van der Waals surface area contributed by atoms with Crippen molar-refractivity contribution < 1.29 is 4.92 Å². The summed E-state index contributed by atoms with van der Waals surface area (Å²) in [6.07, 6.45) is 1.12. The van der Waals surface area contributed by atoms with Crippen LogP contribution in [0.1, 0.15) is 0 Å². The number of rotatable bonds is 2. The van der Waals surface area contributed by atoms with Crippen molar-refractivity contribution in [3.8, 4) is 5.69 Å². The zero-order valence-electron chi connectivity index (χ0n) is 7.07. The first-order chi connectivity index (χ1) is 6.77. The Kier molecular flexibility index (Phi) is 1.94. The molecule has 1 aromatic heterocycles. The summed E-state index contributed by atoms with van der Waals surface area (Å²) < 4.78 is 0. The molecule has 0 bridgehead atoms. The van der Waals surface area contributed by atoms with E-state index in [1.165, 1.54) is 4.80 Å². The summed E-state index contributed by atoms with van der Waals surface area (Å²) in [6.45, 7) is 0. The third-order valence-corrected chi connectivity index (χ3v) is 1.65. The molecule has 6 nitrogen and oxygen atoms in total. The third kappa shape index (κ3) is 1.45. The topological polar surface area (TPSA) is 73.8 Å². The molecule has 0 unspecified atom stereocenters. The Morgan fingerprint density at radius 3 is 2.57 bits per heavy atom. The number of benzene rings is 1. The first-order valence-electron chi connectivity index (χ1n) is 3.89. The third-order valence-electron chi connectivity index (χ3n) is 1.65. The van der Waals surface area contributed by atoms with E-state index in [1.54, 1.807) is 12.1 Å². The van der Waals surface area contributed by atoms with Gasteiger partial charge in [0.15, 0.2) is 6.20 Å². The van der Waals surface area contributed by atoms with Crippen LogP contribution in [0, 0.1) is 10.1 Å². The number of hydrogen-bond acceptors (Lipinski definition) is 4. The van der Waals surface area contributed by atoms with Gasteiger partial charge >= 0.3 is 5.82 Å². The standard InChI is InChI=1S/C8H6N4O2/c13-12(14)8-6-9-11(10-8)7-4-2-1-3-5-7/h1-6H. The Hall–Kier alpha value is -2.24. The molecular weight excluding hydrogens is 184 g/mol. The fourth-order valence-electron chi connectivity index (χ4n) is 1.02. The highest BCUT2D eigenvalue weighted by Crippen LogP contribution is 2.07. The van der Waals surface area contributed by atoms with E-state index in [0.717, 1.165) is 6.20 Å². The van der Waals surface area contributed by atoms with Crippen LogP contribution < -0.4 is 0 Å². The van der Waals surface area contributed by atoms with Gasteiger partial charge in [-0.15, -0.1) is 5.10 Å². The Balaban J connectivity index is 2.39. The lowest BCUT2D eigenvalue weighted by atomic mass is 10.3. The second-order valence-corrected chi connectivity index (χ2v) is 2.58. The quantitative estimate of drug-likeness (QED) is 0.526. The summed E-state index contributed by atoms with van der Waals surface area (Å²) in [5.74, 6) is -0.256. The highest BCUT2D eigenvalue weighted by Gasteiger charge is 2.12. The second kappa shape index (κ2) is 3.25. The monoisotopic (exact) mass is 190 g/mol. The largest absolute Gasteiger partial charge is 0.410 e. The molecule has 1 aromatic carbocycles. The number of aromatic nitrogens is 3. The van der Waals surface area contributed by atoms with E-state index in [2.05, 4.69) is 10.2 Å². The molecule has 0 radical (unpaired) electrons. The van der Waals surface area contributed by atoms with Crippen LogP contribution in [-0.4, -0.2) is 19.9 Å². The molecule has 0 aliphatic carbocycles. The van der Waals surface area contributed by atoms with Gasteiger partial charge in [-0.05, 0) is 17.1 Å². The van der Waals surface area contributed by atoms with Gasteiger partial charge in [0.1, 0.15) is 5.69 Å². The van der Waals surface area contributed by atoms with Crippen LogP contribution >= 0.6 is 0 Å². The number of nitrogens with zero attached hydrogens (tertiary/aromatic N) is 4. The molecule has 1 heterocycles. The molecule has 0 aliphatic rings. The van der Waals surface area contributed by atoms with E-state index >= 15 is 0 Å². The van der Waals surface area contributed by atoms with E-state index < -0.39 is 4.92 Å². The lowest BCUT2D eigenvalue weighted by molar-refractivity contribution is -0.389. The van der Waals surface area contributed by atoms with Crippen molar-refractivity contribution in [2.45, 2.75) is 0 Å². The normalized spacial score (nSPS) is 10.0. The van der Waals surface area contributed by atoms with Crippen molar-refractivity contribution in [2.75, 3.05) is 0 Å². The van der Waals surface area contributed by atoms with Crippen LogP contribution in [0.4, 0.5) is 5.82 Å². The minimum Gasteiger partial charge on any atom is -0.358 e. The van der Waals surface area contributed by atoms with Gasteiger partial charge in [-0.1, -0.05) is 23.0 Å².